The Morgan fingerprint density at radius 2 is 1.70 bits per heavy atom. The molecule has 0 radical (unpaired) electrons. The fourth-order valence-electron chi connectivity index (χ4n) is 4.41. The normalized spacial score (nSPS) is 12.2. The van der Waals surface area contributed by atoms with Crippen molar-refractivity contribution in [2.45, 2.75) is 52.4 Å². The number of aromatic nitrogens is 3. The van der Waals surface area contributed by atoms with Crippen LogP contribution >= 0.6 is 0 Å². The third-order valence-corrected chi connectivity index (χ3v) is 12.0. The molecule has 0 N–H and O–H groups in total. The summed E-state index contributed by atoms with van der Waals surface area (Å²) in [4.78, 5) is 30.5. The number of methoxy groups -OCH3 is 1. The number of aryl methyl sites for hydroxylation is 1. The molecule has 0 fully saturated rings. The van der Waals surface area contributed by atoms with Crippen molar-refractivity contribution in [3.05, 3.63) is 88.0 Å². The predicted octanol–water partition coefficient (Wildman–Crippen LogP) is 6.73. The van der Waals surface area contributed by atoms with E-state index < -0.39 is 19.8 Å². The van der Waals surface area contributed by atoms with Gasteiger partial charge in [-0.15, -0.1) is 0 Å². The van der Waals surface area contributed by atoms with E-state index in [9.17, 15) is 9.59 Å². The molecule has 40 heavy (non-hydrogen) atoms. The average Bonchev–Trinajstić information content (AvgIpc) is 3.34. The summed E-state index contributed by atoms with van der Waals surface area (Å²) in [6.07, 6.45) is 0. The van der Waals surface area contributed by atoms with Gasteiger partial charge in [0.1, 0.15) is 11.3 Å². The van der Waals surface area contributed by atoms with E-state index in [1.165, 1.54) is 7.11 Å². The molecule has 2 aromatic heterocycles. The van der Waals surface area contributed by atoms with Gasteiger partial charge in [-0.2, -0.15) is 4.98 Å². The van der Waals surface area contributed by atoms with Gasteiger partial charge in [-0.05, 0) is 70.2 Å². The van der Waals surface area contributed by atoms with Gasteiger partial charge in [0.15, 0.2) is 0 Å². The van der Waals surface area contributed by atoms with E-state index in [2.05, 4.69) is 44.0 Å². The number of carbonyl (C=O) groups is 1. The smallest absolute Gasteiger partial charge is 0.343 e. The zero-order chi connectivity index (χ0) is 28.8. The minimum atomic E-state index is -2.11. The van der Waals surface area contributed by atoms with Crippen LogP contribution in [0.2, 0.25) is 18.1 Å². The first-order valence-electron chi connectivity index (χ1n) is 13.1. The van der Waals surface area contributed by atoms with Crippen LogP contribution in [0.25, 0.3) is 33.1 Å². The number of ether oxygens (including phenoxy) is 1. The maximum atomic E-state index is 13.7. The van der Waals surface area contributed by atoms with Gasteiger partial charge in [-0.1, -0.05) is 50.2 Å². The van der Waals surface area contributed by atoms with Crippen molar-refractivity contribution >= 4 is 36.0 Å². The van der Waals surface area contributed by atoms with Gasteiger partial charge >= 0.3 is 5.97 Å². The van der Waals surface area contributed by atoms with Gasteiger partial charge in [-0.3, -0.25) is 4.79 Å². The third kappa shape index (κ3) is 5.16. The Labute approximate surface area is 233 Å². The minimum absolute atomic E-state index is 0.0105. The van der Waals surface area contributed by atoms with Crippen molar-refractivity contribution in [2.24, 2.45) is 0 Å². The highest BCUT2D eigenvalue weighted by molar-refractivity contribution is 6.74. The number of pyridine rings is 1. The first-order chi connectivity index (χ1) is 18.9. The molecule has 3 aromatic carbocycles. The van der Waals surface area contributed by atoms with E-state index in [-0.39, 0.29) is 17.1 Å². The second-order valence-corrected chi connectivity index (χ2v) is 16.3. The van der Waals surface area contributed by atoms with Crippen LogP contribution in [0.1, 0.15) is 42.6 Å². The standard InChI is InChI=1S/C31H33N3O5Si/c1-19-32-28(33-38-19)23-11-10-21-9-8-20(14-24(21)15-23)18-34-27-17-25(39-40(6,7)31(2,3)4)13-12-22(27)16-26(29(34)35)30(36)37-5/h8-17H,18H2,1-7H3. The molecule has 0 aliphatic rings. The predicted molar refractivity (Wildman–Crippen MR) is 158 cm³/mol. The molecule has 2 heterocycles. The summed E-state index contributed by atoms with van der Waals surface area (Å²) in [7, 11) is -0.837. The van der Waals surface area contributed by atoms with Crippen LogP contribution in [0.15, 0.2) is 70.0 Å². The second kappa shape index (κ2) is 10.1. The lowest BCUT2D eigenvalue weighted by Gasteiger charge is -2.36. The Balaban J connectivity index is 1.62. The molecule has 5 rings (SSSR count). The lowest BCUT2D eigenvalue weighted by atomic mass is 10.0. The Bertz CT molecular complexity index is 1810. The zero-order valence-corrected chi connectivity index (χ0v) is 24.9. The lowest BCUT2D eigenvalue weighted by Crippen LogP contribution is -2.43. The number of fused-ring (bicyclic) bond motifs is 2. The minimum Gasteiger partial charge on any atom is -0.543 e. The van der Waals surface area contributed by atoms with Gasteiger partial charge in [0.25, 0.3) is 5.56 Å². The molecule has 8 nitrogen and oxygen atoms in total. The van der Waals surface area contributed by atoms with Crippen molar-refractivity contribution in [1.82, 2.24) is 14.7 Å². The Morgan fingerprint density at radius 1 is 0.975 bits per heavy atom. The van der Waals surface area contributed by atoms with Crippen LogP contribution in [0.3, 0.4) is 0 Å². The number of nitrogens with zero attached hydrogens (tertiary/aromatic N) is 3. The highest BCUT2D eigenvalue weighted by Gasteiger charge is 2.39. The van der Waals surface area contributed by atoms with Crippen LogP contribution in [0.5, 0.6) is 5.75 Å². The summed E-state index contributed by atoms with van der Waals surface area (Å²) in [5.41, 5.74) is 1.99. The van der Waals surface area contributed by atoms with Gasteiger partial charge in [0.05, 0.1) is 19.2 Å². The molecule has 206 valence electrons. The molecule has 0 unspecified atom stereocenters. The average molecular weight is 556 g/mol. The van der Waals surface area contributed by atoms with E-state index in [1.807, 2.05) is 54.6 Å². The summed E-state index contributed by atoms with van der Waals surface area (Å²) in [5.74, 6) is 1.06. The number of hydrogen-bond acceptors (Lipinski definition) is 7. The number of rotatable bonds is 6. The summed E-state index contributed by atoms with van der Waals surface area (Å²) in [6, 6.07) is 19.3. The van der Waals surface area contributed by atoms with Crippen LogP contribution in [-0.4, -0.2) is 36.1 Å². The van der Waals surface area contributed by atoms with Crippen molar-refractivity contribution < 1.29 is 18.5 Å². The molecule has 0 aliphatic carbocycles. The molecular formula is C31H33N3O5Si. The van der Waals surface area contributed by atoms with Crippen LogP contribution in [0.4, 0.5) is 0 Å². The van der Waals surface area contributed by atoms with E-state index in [0.717, 1.165) is 27.3 Å². The highest BCUT2D eigenvalue weighted by Crippen LogP contribution is 2.38. The molecule has 5 aromatic rings. The van der Waals surface area contributed by atoms with E-state index in [1.54, 1.807) is 17.6 Å². The molecule has 0 amide bonds. The van der Waals surface area contributed by atoms with Gasteiger partial charge < -0.3 is 18.3 Å². The van der Waals surface area contributed by atoms with E-state index in [4.69, 9.17) is 13.7 Å². The molecule has 0 atom stereocenters. The van der Waals surface area contributed by atoms with Gasteiger partial charge in [-0.25, -0.2) is 4.79 Å². The fraction of sp³-hybridized carbons (Fsp3) is 0.290. The van der Waals surface area contributed by atoms with E-state index >= 15 is 0 Å². The Kier molecular flexibility index (Phi) is 6.87. The van der Waals surface area contributed by atoms with Crippen LogP contribution < -0.4 is 9.99 Å². The molecule has 0 saturated carbocycles. The van der Waals surface area contributed by atoms with Crippen LogP contribution in [0, 0.1) is 6.92 Å². The lowest BCUT2D eigenvalue weighted by molar-refractivity contribution is 0.0598. The fourth-order valence-corrected chi connectivity index (χ4v) is 5.43. The van der Waals surface area contributed by atoms with Crippen molar-refractivity contribution in [3.63, 3.8) is 0 Å². The Morgan fingerprint density at radius 3 is 2.38 bits per heavy atom. The van der Waals surface area contributed by atoms with Crippen molar-refractivity contribution in [2.75, 3.05) is 7.11 Å². The summed E-state index contributed by atoms with van der Waals surface area (Å²) < 4.78 is 18.2. The van der Waals surface area contributed by atoms with Crippen molar-refractivity contribution in [1.29, 1.82) is 0 Å². The highest BCUT2D eigenvalue weighted by atomic mass is 28.4. The topological polar surface area (TPSA) is 96.5 Å². The van der Waals surface area contributed by atoms with Gasteiger partial charge in [0.2, 0.25) is 20.0 Å². The monoisotopic (exact) mass is 555 g/mol. The van der Waals surface area contributed by atoms with E-state index in [0.29, 0.717) is 23.0 Å². The van der Waals surface area contributed by atoms with Crippen LogP contribution in [-0.2, 0) is 11.3 Å². The third-order valence-electron chi connectivity index (χ3n) is 7.68. The molecule has 9 heteroatoms. The summed E-state index contributed by atoms with van der Waals surface area (Å²) >= 11 is 0. The SMILES string of the molecule is COC(=O)c1cc2ccc(O[Si](C)(C)C(C)(C)C)cc2n(Cc2ccc3ccc(-c4noc(C)n4)cc3c2)c1=O. The molecule has 0 saturated heterocycles. The largest absolute Gasteiger partial charge is 0.543 e. The first-order valence-corrected chi connectivity index (χ1v) is 16.1. The number of hydrogen-bond donors (Lipinski definition) is 0. The molecule has 0 bridgehead atoms. The molecule has 0 spiro atoms. The number of esters is 1. The maximum Gasteiger partial charge on any atom is 0.343 e. The molecular weight excluding hydrogens is 522 g/mol. The van der Waals surface area contributed by atoms with Crippen molar-refractivity contribution in [3.8, 4) is 17.1 Å². The zero-order valence-electron chi connectivity index (χ0n) is 23.9. The quantitative estimate of drug-likeness (QED) is 0.169. The van der Waals surface area contributed by atoms with Gasteiger partial charge in [0, 0.05) is 18.6 Å². The first kappa shape index (κ1) is 27.3. The second-order valence-electron chi connectivity index (χ2n) is 11.6. The molecule has 0 aliphatic heterocycles. The number of benzene rings is 3. The summed E-state index contributed by atoms with van der Waals surface area (Å²) in [6.45, 7) is 12.9. The number of carbonyl (C=O) groups excluding carboxylic acids is 1. The maximum absolute atomic E-state index is 13.7. The Hall–Kier alpha value is -4.24. The summed E-state index contributed by atoms with van der Waals surface area (Å²) in [5, 5.41) is 6.80.